The molecule has 102 valence electrons. The van der Waals surface area contributed by atoms with Crippen LogP contribution in [0.5, 0.6) is 0 Å². The van der Waals surface area contributed by atoms with Crippen molar-refractivity contribution in [3.8, 4) is 0 Å². The number of aryl methyl sites for hydroxylation is 1. The molecule has 0 radical (unpaired) electrons. The second kappa shape index (κ2) is 6.90. The first-order valence-electron chi connectivity index (χ1n) is 6.45. The van der Waals surface area contributed by atoms with Crippen LogP contribution in [0.3, 0.4) is 0 Å². The Morgan fingerprint density at radius 2 is 1.83 bits per heavy atom. The van der Waals surface area contributed by atoms with Gasteiger partial charge in [0, 0.05) is 5.75 Å². The van der Waals surface area contributed by atoms with Crippen LogP contribution in [0.2, 0.25) is 0 Å². The van der Waals surface area contributed by atoms with Crippen LogP contribution in [0.1, 0.15) is 36.8 Å². The molecule has 2 N–H and O–H groups in total. The highest BCUT2D eigenvalue weighted by molar-refractivity contribution is 7.91. The molecule has 4 heteroatoms. The van der Waals surface area contributed by atoms with E-state index >= 15 is 0 Å². The Labute approximate surface area is 110 Å². The molecule has 1 aromatic rings. The number of nitrogens with two attached hydrogens (primary N) is 1. The maximum atomic E-state index is 11.4. The van der Waals surface area contributed by atoms with Crippen molar-refractivity contribution in [1.29, 1.82) is 0 Å². The molecule has 1 aromatic carbocycles. The van der Waals surface area contributed by atoms with Crippen molar-refractivity contribution in [2.24, 2.45) is 5.73 Å². The van der Waals surface area contributed by atoms with E-state index in [-0.39, 0.29) is 17.4 Å². The van der Waals surface area contributed by atoms with E-state index in [2.05, 4.69) is 31.2 Å². The van der Waals surface area contributed by atoms with Gasteiger partial charge >= 0.3 is 0 Å². The summed E-state index contributed by atoms with van der Waals surface area (Å²) in [5.74, 6) is 0.758. The van der Waals surface area contributed by atoms with Gasteiger partial charge in [0.1, 0.15) is 9.84 Å². The van der Waals surface area contributed by atoms with Gasteiger partial charge in [-0.05, 0) is 37.8 Å². The fraction of sp³-hybridized carbons (Fsp3) is 0.571. The van der Waals surface area contributed by atoms with Crippen LogP contribution in [0.25, 0.3) is 0 Å². The molecule has 0 aliphatic heterocycles. The van der Waals surface area contributed by atoms with Gasteiger partial charge in [0.15, 0.2) is 0 Å². The Hall–Kier alpha value is -0.870. The van der Waals surface area contributed by atoms with E-state index in [1.807, 2.05) is 0 Å². The first-order valence-corrected chi connectivity index (χ1v) is 8.27. The van der Waals surface area contributed by atoms with E-state index in [0.717, 1.165) is 6.42 Å². The van der Waals surface area contributed by atoms with E-state index in [0.29, 0.717) is 13.0 Å². The topological polar surface area (TPSA) is 60.2 Å². The summed E-state index contributed by atoms with van der Waals surface area (Å²) in [5.41, 5.74) is 8.21. The number of rotatable bonds is 7. The smallest absolute Gasteiger partial charge is 0.150 e. The highest BCUT2D eigenvalue weighted by atomic mass is 32.2. The largest absolute Gasteiger partial charge is 0.330 e. The second-order valence-electron chi connectivity index (χ2n) is 4.72. The molecule has 0 bridgehead atoms. The molecule has 0 saturated carbocycles. The monoisotopic (exact) mass is 269 g/mol. The minimum atomic E-state index is -2.85. The van der Waals surface area contributed by atoms with Crippen molar-refractivity contribution in [2.45, 2.75) is 32.6 Å². The fourth-order valence-corrected chi connectivity index (χ4v) is 2.85. The Kier molecular flexibility index (Phi) is 5.82. The Morgan fingerprint density at radius 1 is 1.22 bits per heavy atom. The van der Waals surface area contributed by atoms with Gasteiger partial charge in [0.25, 0.3) is 0 Å². The van der Waals surface area contributed by atoms with Crippen LogP contribution in [0.15, 0.2) is 24.3 Å². The zero-order valence-corrected chi connectivity index (χ0v) is 12.0. The first-order chi connectivity index (χ1) is 8.48. The third-order valence-corrected chi connectivity index (χ3v) is 5.07. The van der Waals surface area contributed by atoms with E-state index in [1.54, 1.807) is 6.92 Å². The zero-order chi connectivity index (χ0) is 13.6. The summed E-state index contributed by atoms with van der Waals surface area (Å²) in [5, 5.41) is 0. The van der Waals surface area contributed by atoms with Crippen LogP contribution < -0.4 is 5.73 Å². The molecule has 0 fully saturated rings. The van der Waals surface area contributed by atoms with Gasteiger partial charge in [0.05, 0.1) is 5.75 Å². The lowest BCUT2D eigenvalue weighted by atomic mass is 9.94. The van der Waals surface area contributed by atoms with Crippen molar-refractivity contribution in [2.75, 3.05) is 18.1 Å². The Bertz CT molecular complexity index is 451. The van der Waals surface area contributed by atoms with Gasteiger partial charge in [0.2, 0.25) is 0 Å². The maximum absolute atomic E-state index is 11.4. The van der Waals surface area contributed by atoms with Gasteiger partial charge in [-0.1, -0.05) is 36.8 Å². The first kappa shape index (κ1) is 15.2. The molecule has 1 atom stereocenters. The molecule has 0 spiro atoms. The number of benzene rings is 1. The number of hydrogen-bond acceptors (Lipinski definition) is 3. The molecule has 18 heavy (non-hydrogen) atoms. The molecule has 1 unspecified atom stereocenters. The molecule has 0 aliphatic rings. The summed E-state index contributed by atoms with van der Waals surface area (Å²) < 4.78 is 22.8. The average Bonchev–Trinajstić information content (AvgIpc) is 2.36. The van der Waals surface area contributed by atoms with E-state index in [1.165, 1.54) is 11.1 Å². The molecule has 0 aromatic heterocycles. The van der Waals surface area contributed by atoms with Gasteiger partial charge in [-0.3, -0.25) is 0 Å². The molecule has 3 nitrogen and oxygen atoms in total. The lowest BCUT2D eigenvalue weighted by molar-refractivity contribution is 0.581. The summed E-state index contributed by atoms with van der Waals surface area (Å²) in [6.07, 6.45) is 1.52. The molecule has 1 rings (SSSR count). The molecule has 0 amide bonds. The lowest BCUT2D eigenvalue weighted by Gasteiger charge is -2.15. The average molecular weight is 269 g/mol. The van der Waals surface area contributed by atoms with Gasteiger partial charge in [-0.25, -0.2) is 8.42 Å². The quantitative estimate of drug-likeness (QED) is 0.826. The fourth-order valence-electron chi connectivity index (χ4n) is 1.95. The predicted molar refractivity (Wildman–Crippen MR) is 76.5 cm³/mol. The third kappa shape index (κ3) is 4.78. The SMILES string of the molecule is CCS(=O)(=O)CCCC(CN)c1ccc(C)cc1. The minimum absolute atomic E-state index is 0.227. The molecular weight excluding hydrogens is 246 g/mol. The molecule has 0 heterocycles. The van der Waals surface area contributed by atoms with Crippen molar-refractivity contribution >= 4 is 9.84 Å². The Morgan fingerprint density at radius 3 is 2.33 bits per heavy atom. The van der Waals surface area contributed by atoms with Gasteiger partial charge in [-0.15, -0.1) is 0 Å². The van der Waals surface area contributed by atoms with Gasteiger partial charge < -0.3 is 5.73 Å². The summed E-state index contributed by atoms with van der Waals surface area (Å²) in [6, 6.07) is 8.31. The lowest BCUT2D eigenvalue weighted by Crippen LogP contribution is -2.15. The number of hydrogen-bond donors (Lipinski definition) is 1. The molecule has 0 aliphatic carbocycles. The van der Waals surface area contributed by atoms with E-state index in [4.69, 9.17) is 5.73 Å². The van der Waals surface area contributed by atoms with Crippen molar-refractivity contribution in [3.63, 3.8) is 0 Å². The molecular formula is C14H23NO2S. The van der Waals surface area contributed by atoms with Crippen LogP contribution in [0.4, 0.5) is 0 Å². The zero-order valence-electron chi connectivity index (χ0n) is 11.2. The highest BCUT2D eigenvalue weighted by Gasteiger charge is 2.12. The van der Waals surface area contributed by atoms with Crippen molar-refractivity contribution in [3.05, 3.63) is 35.4 Å². The molecule has 0 saturated heterocycles. The van der Waals surface area contributed by atoms with Gasteiger partial charge in [-0.2, -0.15) is 0 Å². The number of sulfone groups is 1. The Balaban J connectivity index is 2.55. The van der Waals surface area contributed by atoms with Crippen LogP contribution in [-0.4, -0.2) is 26.5 Å². The highest BCUT2D eigenvalue weighted by Crippen LogP contribution is 2.21. The normalized spacial score (nSPS) is 13.5. The maximum Gasteiger partial charge on any atom is 0.150 e. The van der Waals surface area contributed by atoms with Crippen LogP contribution >= 0.6 is 0 Å². The van der Waals surface area contributed by atoms with E-state index in [9.17, 15) is 8.42 Å². The standard InChI is InChI=1S/C14H23NO2S/c1-3-18(16,17)10-4-5-14(11-15)13-8-6-12(2)7-9-13/h6-9,14H,3-5,10-11,15H2,1-2H3. The van der Waals surface area contributed by atoms with Crippen molar-refractivity contribution < 1.29 is 8.42 Å². The minimum Gasteiger partial charge on any atom is -0.330 e. The predicted octanol–water partition coefficient (Wildman–Crippen LogP) is 2.25. The summed E-state index contributed by atoms with van der Waals surface area (Å²) >= 11 is 0. The second-order valence-corrected chi connectivity index (χ2v) is 7.19. The van der Waals surface area contributed by atoms with Crippen molar-refractivity contribution in [1.82, 2.24) is 0 Å². The van der Waals surface area contributed by atoms with Crippen LogP contribution in [-0.2, 0) is 9.84 Å². The summed E-state index contributed by atoms with van der Waals surface area (Å²) in [6.45, 7) is 4.31. The van der Waals surface area contributed by atoms with E-state index < -0.39 is 9.84 Å². The van der Waals surface area contributed by atoms with Crippen LogP contribution in [0, 0.1) is 6.92 Å². The summed E-state index contributed by atoms with van der Waals surface area (Å²) in [7, 11) is -2.85. The third-order valence-electron chi connectivity index (χ3n) is 3.28. The summed E-state index contributed by atoms with van der Waals surface area (Å²) in [4.78, 5) is 0.